The monoisotopic (exact) mass is 298 g/mol. The van der Waals surface area contributed by atoms with E-state index in [0.717, 1.165) is 0 Å². The van der Waals surface area contributed by atoms with E-state index < -0.39 is 5.76 Å². The topological polar surface area (TPSA) is 73.1 Å². The largest absolute Gasteiger partial charge is 0.481 e. The van der Waals surface area contributed by atoms with E-state index >= 15 is 0 Å². The third-order valence-electron chi connectivity index (χ3n) is 2.29. The van der Waals surface area contributed by atoms with Crippen LogP contribution in [0.3, 0.4) is 0 Å². The molecular weight excluding hydrogens is 286 g/mol. The summed E-state index contributed by atoms with van der Waals surface area (Å²) in [6, 6.07) is 8.22. The number of para-hydroxylation sites is 1. The maximum Gasteiger partial charge on any atom is 0.288 e. The van der Waals surface area contributed by atoms with Crippen LogP contribution in [0.5, 0.6) is 5.88 Å². The number of thioether (sulfide) groups is 1. The molecule has 0 unspecified atom stereocenters. The number of methoxy groups -OCH3 is 1. The Bertz CT molecular complexity index is 597. The Balaban J connectivity index is 2.27. The second-order valence-corrected chi connectivity index (χ2v) is 4.69. The maximum absolute atomic E-state index is 12.5. The molecule has 0 fully saturated rings. The SMILES string of the molecule is COc1cc(Nc2ccccc2SC(F)F)nc(N)n1. The van der Waals surface area contributed by atoms with Gasteiger partial charge in [-0.1, -0.05) is 23.9 Å². The Morgan fingerprint density at radius 2 is 2.05 bits per heavy atom. The van der Waals surface area contributed by atoms with Gasteiger partial charge >= 0.3 is 0 Å². The molecule has 8 heteroatoms. The third-order valence-corrected chi connectivity index (χ3v) is 3.08. The van der Waals surface area contributed by atoms with E-state index in [2.05, 4.69) is 15.3 Å². The normalized spacial score (nSPS) is 10.6. The van der Waals surface area contributed by atoms with Crippen LogP contribution in [-0.2, 0) is 0 Å². The fourth-order valence-corrected chi connectivity index (χ4v) is 2.11. The number of ether oxygens (including phenoxy) is 1. The van der Waals surface area contributed by atoms with Crippen molar-refractivity contribution in [2.75, 3.05) is 18.2 Å². The summed E-state index contributed by atoms with van der Waals surface area (Å²) in [5, 5.41) is 2.93. The van der Waals surface area contributed by atoms with Crippen LogP contribution in [0.2, 0.25) is 0 Å². The summed E-state index contributed by atoms with van der Waals surface area (Å²) >= 11 is 0.457. The van der Waals surface area contributed by atoms with E-state index in [-0.39, 0.29) is 5.95 Å². The summed E-state index contributed by atoms with van der Waals surface area (Å²) in [5.41, 5.74) is 6.05. The zero-order chi connectivity index (χ0) is 14.5. The average Bonchev–Trinajstić information content (AvgIpc) is 2.39. The molecule has 0 aliphatic heterocycles. The Morgan fingerprint density at radius 1 is 1.30 bits per heavy atom. The summed E-state index contributed by atoms with van der Waals surface area (Å²) in [6.45, 7) is 0. The fourth-order valence-electron chi connectivity index (χ4n) is 1.52. The van der Waals surface area contributed by atoms with Gasteiger partial charge in [-0.05, 0) is 12.1 Å². The highest BCUT2D eigenvalue weighted by molar-refractivity contribution is 7.99. The lowest BCUT2D eigenvalue weighted by molar-refractivity contribution is 0.252. The molecule has 0 radical (unpaired) electrons. The standard InChI is InChI=1S/C12H12F2N4OS/c1-19-10-6-9(17-12(15)18-10)16-7-4-2-3-5-8(7)20-11(13)14/h2-6,11H,1H3,(H3,15,16,17,18). The van der Waals surface area contributed by atoms with Gasteiger partial charge in [0.25, 0.3) is 5.76 Å². The van der Waals surface area contributed by atoms with Gasteiger partial charge in [0, 0.05) is 11.0 Å². The number of alkyl halides is 2. The molecule has 0 atom stereocenters. The first-order valence-corrected chi connectivity index (χ1v) is 6.46. The predicted octanol–water partition coefficient (Wildman–Crippen LogP) is 3.13. The molecule has 0 bridgehead atoms. The molecule has 3 N–H and O–H groups in total. The molecule has 0 aliphatic rings. The Kier molecular flexibility index (Phi) is 4.57. The molecule has 5 nitrogen and oxygen atoms in total. The van der Waals surface area contributed by atoms with Crippen LogP contribution in [0.25, 0.3) is 0 Å². The van der Waals surface area contributed by atoms with E-state index in [1.54, 1.807) is 24.3 Å². The molecular formula is C12H12F2N4OS. The fraction of sp³-hybridized carbons (Fsp3) is 0.167. The smallest absolute Gasteiger partial charge is 0.288 e. The van der Waals surface area contributed by atoms with Gasteiger partial charge in [0.2, 0.25) is 11.8 Å². The third kappa shape index (κ3) is 3.70. The van der Waals surface area contributed by atoms with Gasteiger partial charge in [-0.25, -0.2) is 0 Å². The predicted molar refractivity (Wildman–Crippen MR) is 74.6 cm³/mol. The van der Waals surface area contributed by atoms with Gasteiger partial charge in [-0.2, -0.15) is 18.7 Å². The lowest BCUT2D eigenvalue weighted by Crippen LogP contribution is -2.02. The minimum atomic E-state index is -2.50. The van der Waals surface area contributed by atoms with Crippen LogP contribution in [0.15, 0.2) is 35.2 Å². The molecule has 0 aliphatic carbocycles. The van der Waals surface area contributed by atoms with Crippen molar-refractivity contribution in [3.63, 3.8) is 0 Å². The van der Waals surface area contributed by atoms with Crippen molar-refractivity contribution in [2.24, 2.45) is 0 Å². The van der Waals surface area contributed by atoms with Gasteiger partial charge in [0.1, 0.15) is 5.82 Å². The summed E-state index contributed by atoms with van der Waals surface area (Å²) in [5.74, 6) is -1.80. The quantitative estimate of drug-likeness (QED) is 0.826. The highest BCUT2D eigenvalue weighted by Gasteiger charge is 2.11. The molecule has 2 aromatic rings. The summed E-state index contributed by atoms with van der Waals surface area (Å²) in [4.78, 5) is 8.24. The Labute approximate surface area is 118 Å². The average molecular weight is 298 g/mol. The number of nitrogens with one attached hydrogen (secondary N) is 1. The van der Waals surface area contributed by atoms with Gasteiger partial charge in [0.05, 0.1) is 12.8 Å². The van der Waals surface area contributed by atoms with Crippen LogP contribution in [0.4, 0.5) is 26.2 Å². The first-order valence-electron chi connectivity index (χ1n) is 5.58. The zero-order valence-corrected chi connectivity index (χ0v) is 11.3. The van der Waals surface area contributed by atoms with Crippen LogP contribution in [0.1, 0.15) is 0 Å². The number of hydrogen-bond donors (Lipinski definition) is 2. The number of hydrogen-bond acceptors (Lipinski definition) is 6. The second kappa shape index (κ2) is 6.38. The summed E-state index contributed by atoms with van der Waals surface area (Å²) in [7, 11) is 1.45. The van der Waals surface area contributed by atoms with Gasteiger partial charge < -0.3 is 15.8 Å². The highest BCUT2D eigenvalue weighted by Crippen LogP contribution is 2.33. The highest BCUT2D eigenvalue weighted by atomic mass is 32.2. The Morgan fingerprint density at radius 3 is 2.75 bits per heavy atom. The van der Waals surface area contributed by atoms with Gasteiger partial charge in [0.15, 0.2) is 0 Å². The van der Waals surface area contributed by atoms with E-state index in [0.29, 0.717) is 34.0 Å². The number of nitrogens with zero attached hydrogens (tertiary/aromatic N) is 2. The lowest BCUT2D eigenvalue weighted by Gasteiger charge is -2.11. The van der Waals surface area contributed by atoms with E-state index in [4.69, 9.17) is 10.5 Å². The zero-order valence-electron chi connectivity index (χ0n) is 10.5. The first kappa shape index (κ1) is 14.3. The van der Waals surface area contributed by atoms with Crippen molar-refractivity contribution >= 4 is 29.2 Å². The van der Waals surface area contributed by atoms with Crippen LogP contribution in [0, 0.1) is 0 Å². The molecule has 106 valence electrons. The molecule has 0 spiro atoms. The number of aromatic nitrogens is 2. The lowest BCUT2D eigenvalue weighted by atomic mass is 10.3. The van der Waals surface area contributed by atoms with Crippen molar-refractivity contribution in [1.29, 1.82) is 0 Å². The molecule has 1 aromatic carbocycles. The van der Waals surface area contributed by atoms with Crippen molar-refractivity contribution in [2.45, 2.75) is 10.7 Å². The number of nitrogens with two attached hydrogens (primary N) is 1. The first-order chi connectivity index (χ1) is 9.58. The van der Waals surface area contributed by atoms with Crippen LogP contribution < -0.4 is 15.8 Å². The number of anilines is 3. The van der Waals surface area contributed by atoms with Gasteiger partial charge in [-0.15, -0.1) is 0 Å². The number of rotatable bonds is 5. The molecule has 0 saturated heterocycles. The van der Waals surface area contributed by atoms with E-state index in [1.165, 1.54) is 13.2 Å². The van der Waals surface area contributed by atoms with Crippen molar-refractivity contribution in [3.05, 3.63) is 30.3 Å². The molecule has 0 amide bonds. The van der Waals surface area contributed by atoms with E-state index in [9.17, 15) is 8.78 Å². The van der Waals surface area contributed by atoms with E-state index in [1.807, 2.05) is 0 Å². The number of halogens is 2. The molecule has 1 heterocycles. The molecule has 0 saturated carbocycles. The second-order valence-electron chi connectivity index (χ2n) is 3.65. The van der Waals surface area contributed by atoms with Gasteiger partial charge in [-0.3, -0.25) is 0 Å². The molecule has 1 aromatic heterocycles. The van der Waals surface area contributed by atoms with Crippen molar-refractivity contribution < 1.29 is 13.5 Å². The summed E-state index contributed by atoms with van der Waals surface area (Å²) < 4.78 is 30.0. The summed E-state index contributed by atoms with van der Waals surface area (Å²) in [6.07, 6.45) is 0. The van der Waals surface area contributed by atoms with Crippen molar-refractivity contribution in [3.8, 4) is 5.88 Å². The maximum atomic E-state index is 12.5. The van der Waals surface area contributed by atoms with Crippen LogP contribution >= 0.6 is 11.8 Å². The number of benzene rings is 1. The molecule has 2 rings (SSSR count). The van der Waals surface area contributed by atoms with Crippen LogP contribution in [-0.4, -0.2) is 22.8 Å². The minimum absolute atomic E-state index is 0.0332. The van der Waals surface area contributed by atoms with Crippen molar-refractivity contribution in [1.82, 2.24) is 9.97 Å². The minimum Gasteiger partial charge on any atom is -0.481 e. The number of nitrogen functional groups attached to an aromatic ring is 1. The molecule has 20 heavy (non-hydrogen) atoms. The Hall–Kier alpha value is -2.09.